The Bertz CT molecular complexity index is 1470. The molecule has 4 aromatic rings. The Hall–Kier alpha value is -3.89. The molecule has 0 bridgehead atoms. The van der Waals surface area contributed by atoms with Gasteiger partial charge in [-0.25, -0.2) is 14.5 Å². The number of carbonyl (C=O) groups excluding carboxylic acids is 1. The Morgan fingerprint density at radius 1 is 1.18 bits per heavy atom. The molecule has 0 unspecified atom stereocenters. The number of nitrogens with zero attached hydrogens (tertiary/aromatic N) is 6. The van der Waals surface area contributed by atoms with Crippen molar-refractivity contribution in [1.29, 1.82) is 0 Å². The third-order valence-corrected chi connectivity index (χ3v) is 7.58. The molecule has 38 heavy (non-hydrogen) atoms. The zero-order valence-corrected chi connectivity index (χ0v) is 22.7. The molecular formula is C28H32N8OS. The van der Waals surface area contributed by atoms with E-state index in [0.29, 0.717) is 35.8 Å². The van der Waals surface area contributed by atoms with Gasteiger partial charge in [0.05, 0.1) is 34.6 Å². The van der Waals surface area contributed by atoms with Crippen LogP contribution in [0.1, 0.15) is 37.6 Å². The minimum atomic E-state index is -0.140. The van der Waals surface area contributed by atoms with E-state index < -0.39 is 0 Å². The molecule has 0 fully saturated rings. The number of amides is 1. The summed E-state index contributed by atoms with van der Waals surface area (Å²) in [7, 11) is 0. The molecule has 1 aliphatic rings. The summed E-state index contributed by atoms with van der Waals surface area (Å²) in [6.07, 6.45) is 8.30. The first-order valence-electron chi connectivity index (χ1n) is 12.9. The maximum Gasteiger partial charge on any atom is 0.251 e. The van der Waals surface area contributed by atoms with Crippen LogP contribution in [0.3, 0.4) is 0 Å². The summed E-state index contributed by atoms with van der Waals surface area (Å²) in [5.41, 5.74) is 4.51. The van der Waals surface area contributed by atoms with Gasteiger partial charge in [-0.1, -0.05) is 26.0 Å². The first-order valence-corrected chi connectivity index (χ1v) is 13.8. The molecule has 0 saturated carbocycles. The van der Waals surface area contributed by atoms with Gasteiger partial charge in [-0.15, -0.1) is 11.3 Å². The number of likely N-dealkylation sites (N-methyl/N-ethyl adjacent to an activating group) is 1. The Labute approximate surface area is 226 Å². The van der Waals surface area contributed by atoms with E-state index in [0.717, 1.165) is 41.4 Å². The van der Waals surface area contributed by atoms with Gasteiger partial charge in [0, 0.05) is 42.7 Å². The average Bonchev–Trinajstić information content (AvgIpc) is 3.73. The first-order chi connectivity index (χ1) is 18.6. The molecular weight excluding hydrogens is 496 g/mol. The SMILES string of the molecule is CCN(CC)[C@@H](C)CNC(=O)c1cc(NCC2=NC=CC2)nc(-c2cnn3ccc(-c4cccs4)nc23)c1. The fraction of sp³-hybridized carbons (Fsp3) is 0.321. The van der Waals surface area contributed by atoms with Gasteiger partial charge >= 0.3 is 0 Å². The molecule has 0 radical (unpaired) electrons. The van der Waals surface area contributed by atoms with Gasteiger partial charge in [0.25, 0.3) is 5.91 Å². The predicted molar refractivity (Wildman–Crippen MR) is 154 cm³/mol. The van der Waals surface area contributed by atoms with E-state index in [1.165, 1.54) is 0 Å². The summed E-state index contributed by atoms with van der Waals surface area (Å²) in [5.74, 6) is 0.465. The molecule has 10 heteroatoms. The number of carbonyl (C=O) groups is 1. The van der Waals surface area contributed by atoms with Gasteiger partial charge in [0.15, 0.2) is 5.65 Å². The van der Waals surface area contributed by atoms with Crippen LogP contribution in [0.5, 0.6) is 0 Å². The minimum absolute atomic E-state index is 0.140. The number of allylic oxidation sites excluding steroid dienone is 1. The highest BCUT2D eigenvalue weighted by atomic mass is 32.1. The molecule has 9 nitrogen and oxygen atoms in total. The minimum Gasteiger partial charge on any atom is -0.365 e. The van der Waals surface area contributed by atoms with Crippen LogP contribution in [0.4, 0.5) is 5.82 Å². The number of nitrogens with one attached hydrogen (secondary N) is 2. The zero-order chi connectivity index (χ0) is 26.5. The second-order valence-electron chi connectivity index (χ2n) is 9.16. The molecule has 0 spiro atoms. The summed E-state index contributed by atoms with van der Waals surface area (Å²) in [6, 6.07) is 9.85. The lowest BCUT2D eigenvalue weighted by Gasteiger charge is -2.26. The average molecular weight is 529 g/mol. The quantitative estimate of drug-likeness (QED) is 0.291. The third kappa shape index (κ3) is 5.66. The van der Waals surface area contributed by atoms with Crippen LogP contribution < -0.4 is 10.6 Å². The highest BCUT2D eigenvalue weighted by molar-refractivity contribution is 7.13. The van der Waals surface area contributed by atoms with Gasteiger partial charge in [0.1, 0.15) is 5.82 Å². The van der Waals surface area contributed by atoms with E-state index in [1.807, 2.05) is 48.1 Å². The van der Waals surface area contributed by atoms with Crippen LogP contribution in [0.2, 0.25) is 0 Å². The van der Waals surface area contributed by atoms with Crippen LogP contribution in [-0.2, 0) is 0 Å². The van der Waals surface area contributed by atoms with Crippen LogP contribution in [0.25, 0.3) is 27.5 Å². The maximum absolute atomic E-state index is 13.3. The first kappa shape index (κ1) is 25.7. The molecule has 0 aliphatic carbocycles. The molecule has 2 N–H and O–H groups in total. The topological polar surface area (TPSA) is 99.8 Å². The maximum atomic E-state index is 13.3. The van der Waals surface area contributed by atoms with Crippen molar-refractivity contribution in [3.63, 3.8) is 0 Å². The van der Waals surface area contributed by atoms with Gasteiger partial charge < -0.3 is 10.6 Å². The van der Waals surface area contributed by atoms with Crippen LogP contribution in [-0.4, -0.2) is 68.3 Å². The van der Waals surface area contributed by atoms with E-state index in [4.69, 9.17) is 9.97 Å². The second-order valence-corrected chi connectivity index (χ2v) is 10.1. The monoisotopic (exact) mass is 528 g/mol. The van der Waals surface area contributed by atoms with Gasteiger partial charge in [-0.3, -0.25) is 14.7 Å². The molecule has 5 heterocycles. The summed E-state index contributed by atoms with van der Waals surface area (Å²) >= 11 is 1.64. The Morgan fingerprint density at radius 2 is 2.05 bits per heavy atom. The number of hydrogen-bond acceptors (Lipinski definition) is 8. The second kappa shape index (κ2) is 11.7. The molecule has 4 aromatic heterocycles. The van der Waals surface area contributed by atoms with Crippen LogP contribution in [0, 0.1) is 0 Å². The number of rotatable bonds is 11. The Morgan fingerprint density at radius 3 is 2.79 bits per heavy atom. The van der Waals surface area contributed by atoms with Crippen LogP contribution in [0.15, 0.2) is 65.4 Å². The highest BCUT2D eigenvalue weighted by Gasteiger charge is 2.18. The van der Waals surface area contributed by atoms with E-state index in [1.54, 1.807) is 28.1 Å². The smallest absolute Gasteiger partial charge is 0.251 e. The van der Waals surface area contributed by atoms with E-state index in [9.17, 15) is 4.79 Å². The van der Waals surface area contributed by atoms with Crippen molar-refractivity contribution in [2.75, 3.05) is 31.5 Å². The molecule has 5 rings (SSSR count). The Balaban J connectivity index is 1.47. The summed E-state index contributed by atoms with van der Waals surface area (Å²) < 4.78 is 1.73. The van der Waals surface area contributed by atoms with Gasteiger partial charge in [-0.2, -0.15) is 5.10 Å². The van der Waals surface area contributed by atoms with E-state index in [-0.39, 0.29) is 11.9 Å². The fourth-order valence-electron chi connectivity index (χ4n) is 4.53. The molecule has 1 amide bonds. The number of anilines is 1. The lowest BCUT2D eigenvalue weighted by atomic mass is 10.1. The van der Waals surface area contributed by atoms with Crippen molar-refractivity contribution in [3.05, 3.63) is 65.9 Å². The number of aliphatic imine (C=N–C) groups is 1. The summed E-state index contributed by atoms with van der Waals surface area (Å²) in [4.78, 5) is 30.8. The molecule has 196 valence electrons. The normalized spacial score (nSPS) is 13.7. The third-order valence-electron chi connectivity index (χ3n) is 6.69. The van der Waals surface area contributed by atoms with Crippen molar-refractivity contribution >= 4 is 34.4 Å². The van der Waals surface area contributed by atoms with Gasteiger partial charge in [-0.05, 0) is 49.7 Å². The molecule has 1 aliphatic heterocycles. The van der Waals surface area contributed by atoms with Gasteiger partial charge in [0.2, 0.25) is 0 Å². The fourth-order valence-corrected chi connectivity index (χ4v) is 5.23. The number of pyridine rings is 1. The number of hydrogen-bond donors (Lipinski definition) is 2. The number of thiophene rings is 1. The molecule has 0 aromatic carbocycles. The largest absolute Gasteiger partial charge is 0.365 e. The van der Waals surface area contributed by atoms with Crippen molar-refractivity contribution < 1.29 is 4.79 Å². The zero-order valence-electron chi connectivity index (χ0n) is 21.9. The van der Waals surface area contributed by atoms with Crippen molar-refractivity contribution in [2.24, 2.45) is 4.99 Å². The van der Waals surface area contributed by atoms with Crippen molar-refractivity contribution in [2.45, 2.75) is 33.2 Å². The highest BCUT2D eigenvalue weighted by Crippen LogP contribution is 2.28. The Kier molecular flexibility index (Phi) is 7.90. The predicted octanol–water partition coefficient (Wildman–Crippen LogP) is 4.75. The van der Waals surface area contributed by atoms with Crippen LogP contribution >= 0.6 is 11.3 Å². The molecule has 0 saturated heterocycles. The summed E-state index contributed by atoms with van der Waals surface area (Å²) in [6.45, 7) is 9.39. The lowest BCUT2D eigenvalue weighted by Crippen LogP contribution is -2.42. The molecule has 1 atom stereocenters. The number of fused-ring (bicyclic) bond motifs is 1. The van der Waals surface area contributed by atoms with E-state index in [2.05, 4.69) is 46.4 Å². The van der Waals surface area contributed by atoms with Crippen molar-refractivity contribution in [3.8, 4) is 21.8 Å². The summed E-state index contributed by atoms with van der Waals surface area (Å²) in [5, 5.41) is 13.0. The standard InChI is InChI=1S/C28H32N8OS/c1-4-35(5-2)19(3)16-31-28(37)20-14-24(33-26(15-20)30-17-21-8-6-11-29-21)22-18-32-36-12-10-23(34-27(22)36)25-9-7-13-38-25/h6-7,9-15,18-19H,4-5,8,16-17H2,1-3H3,(H,30,33)(H,31,37)/t19-/m0/s1. The van der Waals surface area contributed by atoms with Crippen molar-refractivity contribution in [1.82, 2.24) is 29.8 Å². The number of aromatic nitrogens is 4. The van der Waals surface area contributed by atoms with E-state index >= 15 is 0 Å². The lowest BCUT2D eigenvalue weighted by molar-refractivity contribution is 0.0938.